The van der Waals surface area contributed by atoms with Crippen LogP contribution in [0.1, 0.15) is 17.5 Å². The van der Waals surface area contributed by atoms with Crippen LogP contribution in [0.2, 0.25) is 5.02 Å². The van der Waals surface area contributed by atoms with E-state index >= 15 is 0 Å². The smallest absolute Gasteiger partial charge is 0.150 e. The first-order valence-electron chi connectivity index (χ1n) is 11.1. The number of hydrogen-bond donors (Lipinski definition) is 1. The van der Waals surface area contributed by atoms with E-state index in [1.165, 1.54) is 11.1 Å². The molecular weight excluding hydrogens is 436 g/mol. The predicted molar refractivity (Wildman–Crippen MR) is 132 cm³/mol. The van der Waals surface area contributed by atoms with E-state index in [1.54, 1.807) is 10.7 Å². The number of rotatable bonds is 8. The molecule has 0 spiro atoms. The monoisotopic (exact) mass is 459 g/mol. The van der Waals surface area contributed by atoms with Crippen molar-refractivity contribution >= 4 is 36.4 Å². The molecule has 2 heterocycles. The summed E-state index contributed by atoms with van der Waals surface area (Å²) in [7, 11) is 6.09. The molecule has 2 radical (unpaired) electrons. The third-order valence-corrected chi connectivity index (χ3v) is 6.61. The van der Waals surface area contributed by atoms with Crippen molar-refractivity contribution in [3.63, 3.8) is 0 Å². The lowest BCUT2D eigenvalue weighted by Gasteiger charge is -2.25. The number of halogens is 2. The maximum atomic E-state index is 13.8. The number of aromatic nitrogens is 3. The molecule has 0 atom stereocenters. The second-order valence-corrected chi connectivity index (χ2v) is 8.79. The minimum Gasteiger partial charge on any atom is -0.370 e. The molecule has 33 heavy (non-hydrogen) atoms. The summed E-state index contributed by atoms with van der Waals surface area (Å²) in [5.74, 6) is 0.770. The summed E-state index contributed by atoms with van der Waals surface area (Å²) in [6, 6.07) is 18.1. The van der Waals surface area contributed by atoms with Crippen molar-refractivity contribution in [2.24, 2.45) is 0 Å². The van der Waals surface area contributed by atoms with E-state index in [4.69, 9.17) is 19.4 Å². The summed E-state index contributed by atoms with van der Waals surface area (Å²) < 4.78 is 15.5. The average molecular weight is 460 g/mol. The molecule has 166 valence electrons. The van der Waals surface area contributed by atoms with E-state index in [1.807, 2.05) is 35.2 Å². The van der Waals surface area contributed by atoms with Gasteiger partial charge in [-0.3, -0.25) is 4.90 Å². The molecule has 0 fully saturated rings. The number of hydrogen-bond acceptors (Lipinski definition) is 4. The maximum absolute atomic E-state index is 13.8. The van der Waals surface area contributed by atoms with Gasteiger partial charge < -0.3 is 5.32 Å². The van der Waals surface area contributed by atoms with Gasteiger partial charge in [-0.1, -0.05) is 54.1 Å². The predicted octanol–water partition coefficient (Wildman–Crippen LogP) is 4.04. The molecule has 0 saturated heterocycles. The van der Waals surface area contributed by atoms with Crippen LogP contribution in [0.25, 0.3) is 16.9 Å². The highest BCUT2D eigenvalue weighted by Crippen LogP contribution is 2.28. The molecular formula is C25H24BClFN5. The molecule has 4 aromatic rings. The number of nitrogens with one attached hydrogen (secondary N) is 1. The Hall–Kier alpha value is -2.90. The van der Waals surface area contributed by atoms with E-state index in [0.29, 0.717) is 29.2 Å². The topological polar surface area (TPSA) is 45.5 Å². The van der Waals surface area contributed by atoms with Crippen molar-refractivity contribution in [2.75, 3.05) is 25.2 Å². The van der Waals surface area contributed by atoms with Crippen molar-refractivity contribution in [3.05, 3.63) is 76.9 Å². The molecule has 0 amide bonds. The minimum absolute atomic E-state index is 0.220. The third kappa shape index (κ3) is 4.48. The second-order valence-electron chi connectivity index (χ2n) is 8.38. The molecule has 0 unspecified atom stereocenters. The maximum Gasteiger partial charge on any atom is 0.150 e. The highest BCUT2D eigenvalue weighted by Gasteiger charge is 2.26. The number of nitrogens with zero attached hydrogens (tertiary/aromatic N) is 4. The highest BCUT2D eigenvalue weighted by atomic mass is 35.5. The number of fused-ring (bicyclic) bond motifs is 2. The zero-order chi connectivity index (χ0) is 22.8. The van der Waals surface area contributed by atoms with E-state index in [-0.39, 0.29) is 6.04 Å². The van der Waals surface area contributed by atoms with Crippen LogP contribution in [0.3, 0.4) is 0 Å². The molecule has 8 heteroatoms. The fourth-order valence-corrected chi connectivity index (χ4v) is 4.78. The highest BCUT2D eigenvalue weighted by molar-refractivity contribution is 6.36. The summed E-state index contributed by atoms with van der Waals surface area (Å²) >= 11 is 6.39. The Morgan fingerprint density at radius 3 is 2.58 bits per heavy atom. The van der Waals surface area contributed by atoms with E-state index in [2.05, 4.69) is 39.7 Å². The number of anilines is 1. The van der Waals surface area contributed by atoms with Gasteiger partial charge in [0.1, 0.15) is 20.5 Å². The van der Waals surface area contributed by atoms with Gasteiger partial charge in [-0.05, 0) is 41.9 Å². The van der Waals surface area contributed by atoms with Gasteiger partial charge in [-0.2, -0.15) is 9.61 Å². The Labute approximate surface area is 199 Å². The standard InChI is InChI=1S/C25H24BClFN5/c26-21-15-30-33-24(14-23(31-25(21)33)20-8-3-4-9-22(20)27)29-10-5-11-32(16-28)19-12-17-6-1-2-7-18(17)13-19/h1-4,6-9,14-15,19,29H,5,10-13,16H2. The van der Waals surface area contributed by atoms with E-state index in [0.717, 1.165) is 36.3 Å². The van der Waals surface area contributed by atoms with Gasteiger partial charge in [0.2, 0.25) is 0 Å². The normalized spacial score (nSPS) is 13.7. The summed E-state index contributed by atoms with van der Waals surface area (Å²) in [5.41, 5.74) is 5.29. The molecule has 1 aliphatic carbocycles. The first-order valence-corrected chi connectivity index (χ1v) is 11.5. The van der Waals surface area contributed by atoms with Gasteiger partial charge in [0.15, 0.2) is 5.65 Å². The van der Waals surface area contributed by atoms with Crippen LogP contribution in [-0.2, 0) is 12.8 Å². The molecule has 5 rings (SSSR count). The van der Waals surface area contributed by atoms with Crippen LogP contribution in [0.5, 0.6) is 0 Å². The van der Waals surface area contributed by atoms with Gasteiger partial charge in [-0.25, -0.2) is 9.37 Å². The lowest BCUT2D eigenvalue weighted by molar-refractivity contribution is 0.132. The Kier molecular flexibility index (Phi) is 6.33. The van der Waals surface area contributed by atoms with E-state index in [9.17, 15) is 4.39 Å². The van der Waals surface area contributed by atoms with Gasteiger partial charge in [0.05, 0.1) is 5.69 Å². The van der Waals surface area contributed by atoms with Crippen molar-refractivity contribution in [1.29, 1.82) is 0 Å². The van der Waals surface area contributed by atoms with Crippen molar-refractivity contribution < 1.29 is 4.39 Å². The summed E-state index contributed by atoms with van der Waals surface area (Å²) in [5, 5.41) is 8.41. The van der Waals surface area contributed by atoms with Gasteiger partial charge in [0, 0.05) is 42.0 Å². The number of alkyl halides is 1. The minimum atomic E-state index is -0.440. The Bertz CT molecular complexity index is 1250. The van der Waals surface area contributed by atoms with Crippen molar-refractivity contribution in [2.45, 2.75) is 25.3 Å². The van der Waals surface area contributed by atoms with Crippen LogP contribution < -0.4 is 10.8 Å². The molecule has 0 bridgehead atoms. The van der Waals surface area contributed by atoms with Gasteiger partial charge in [-0.15, -0.1) is 0 Å². The van der Waals surface area contributed by atoms with Crippen LogP contribution in [0.4, 0.5) is 10.2 Å². The largest absolute Gasteiger partial charge is 0.370 e. The summed E-state index contributed by atoms with van der Waals surface area (Å²) in [4.78, 5) is 6.60. The Balaban J connectivity index is 1.27. The molecule has 2 aromatic carbocycles. The summed E-state index contributed by atoms with van der Waals surface area (Å²) in [6.45, 7) is 0.899. The van der Waals surface area contributed by atoms with Crippen LogP contribution in [0, 0.1) is 0 Å². The quantitative estimate of drug-likeness (QED) is 0.245. The first kappa shape index (κ1) is 21.9. The first-order chi connectivity index (χ1) is 16.1. The van der Waals surface area contributed by atoms with E-state index < -0.39 is 6.80 Å². The van der Waals surface area contributed by atoms with Crippen LogP contribution in [0.15, 0.2) is 60.8 Å². The zero-order valence-corrected chi connectivity index (χ0v) is 19.0. The fraction of sp³-hybridized carbons (Fsp3) is 0.280. The lowest BCUT2D eigenvalue weighted by Crippen LogP contribution is -2.36. The zero-order valence-electron chi connectivity index (χ0n) is 18.2. The Morgan fingerprint density at radius 2 is 1.85 bits per heavy atom. The molecule has 1 aliphatic rings. The molecule has 5 nitrogen and oxygen atoms in total. The number of benzene rings is 2. The average Bonchev–Trinajstić information content (AvgIpc) is 3.43. The molecule has 0 saturated carbocycles. The second kappa shape index (κ2) is 9.53. The van der Waals surface area contributed by atoms with Crippen LogP contribution >= 0.6 is 11.6 Å². The van der Waals surface area contributed by atoms with Crippen molar-refractivity contribution in [3.8, 4) is 11.3 Å². The Morgan fingerprint density at radius 1 is 1.12 bits per heavy atom. The summed E-state index contributed by atoms with van der Waals surface area (Å²) in [6.07, 6.45) is 4.20. The lowest BCUT2D eigenvalue weighted by atomic mass is 10.0. The third-order valence-electron chi connectivity index (χ3n) is 6.28. The molecule has 1 N–H and O–H groups in total. The van der Waals surface area contributed by atoms with Gasteiger partial charge >= 0.3 is 0 Å². The van der Waals surface area contributed by atoms with Crippen molar-refractivity contribution in [1.82, 2.24) is 19.5 Å². The SMILES string of the molecule is [B]c1cnn2c(NCCCN(CF)C3Cc4ccccc4C3)cc(-c3ccccc3Cl)nc12. The van der Waals surface area contributed by atoms with Crippen LogP contribution in [-0.4, -0.2) is 53.3 Å². The van der Waals surface area contributed by atoms with Gasteiger partial charge in [0.25, 0.3) is 0 Å². The molecule has 0 aliphatic heterocycles. The molecule has 2 aromatic heterocycles. The fourth-order valence-electron chi connectivity index (χ4n) is 4.55.